The first-order valence-corrected chi connectivity index (χ1v) is 10.00. The van der Waals surface area contributed by atoms with Crippen LogP contribution in [0.25, 0.3) is 0 Å². The fourth-order valence-corrected chi connectivity index (χ4v) is 4.42. The Morgan fingerprint density at radius 2 is 1.96 bits per heavy atom. The first-order valence-electron chi connectivity index (χ1n) is 10.00. The van der Waals surface area contributed by atoms with Gasteiger partial charge in [-0.05, 0) is 81.3 Å². The maximum Gasteiger partial charge on any atom is 0.253 e. The highest BCUT2D eigenvalue weighted by Gasteiger charge is 2.32. The van der Waals surface area contributed by atoms with Crippen molar-refractivity contribution in [3.63, 3.8) is 0 Å². The Bertz CT molecular complexity index is 729. The Balaban J connectivity index is 1.34. The second-order valence-corrected chi connectivity index (χ2v) is 8.79. The number of aliphatic hydroxyl groups is 1. The lowest BCUT2D eigenvalue weighted by atomic mass is 9.59. The molecule has 1 aromatic rings. The Kier molecular flexibility index (Phi) is 4.63. The maximum absolute atomic E-state index is 12.6. The third-order valence-corrected chi connectivity index (χ3v) is 6.46. The van der Waals surface area contributed by atoms with E-state index < -0.39 is 5.60 Å². The summed E-state index contributed by atoms with van der Waals surface area (Å²) >= 11 is 0. The smallest absolute Gasteiger partial charge is 0.253 e. The average Bonchev–Trinajstić information content (AvgIpc) is 2.95. The van der Waals surface area contributed by atoms with E-state index in [0.29, 0.717) is 17.4 Å². The van der Waals surface area contributed by atoms with Gasteiger partial charge in [-0.1, -0.05) is 6.42 Å². The average molecular weight is 353 g/mol. The van der Waals surface area contributed by atoms with Crippen molar-refractivity contribution in [2.75, 3.05) is 0 Å². The number of nitrogens with one attached hydrogen (secondary N) is 1. The number of pyridine rings is 1. The van der Waals surface area contributed by atoms with E-state index in [4.69, 9.17) is 0 Å². The zero-order valence-electron chi connectivity index (χ0n) is 15.8. The van der Waals surface area contributed by atoms with Crippen molar-refractivity contribution in [2.45, 2.75) is 70.4 Å². The molecule has 0 atom stereocenters. The first-order chi connectivity index (χ1) is 12.4. The Morgan fingerprint density at radius 3 is 2.58 bits per heavy atom. The van der Waals surface area contributed by atoms with Gasteiger partial charge >= 0.3 is 0 Å². The van der Waals surface area contributed by atoms with Gasteiger partial charge in [0.2, 0.25) is 7.28 Å². The lowest BCUT2D eigenvalue weighted by molar-refractivity contribution is -0.00257. The number of amides is 1. The molecule has 0 unspecified atom stereocenters. The number of nitrogens with zero attached hydrogens (tertiary/aromatic N) is 2. The van der Waals surface area contributed by atoms with Crippen LogP contribution in [-0.4, -0.2) is 40.5 Å². The van der Waals surface area contributed by atoms with Crippen molar-refractivity contribution in [3.05, 3.63) is 17.8 Å². The van der Waals surface area contributed by atoms with Gasteiger partial charge in [0.1, 0.15) is 5.82 Å². The normalized spacial score (nSPS) is 25.7. The predicted octanol–water partition coefficient (Wildman–Crippen LogP) is 2.05. The van der Waals surface area contributed by atoms with E-state index in [-0.39, 0.29) is 11.9 Å². The van der Waals surface area contributed by atoms with Crippen molar-refractivity contribution in [1.29, 1.82) is 0 Å². The maximum atomic E-state index is 12.6. The van der Waals surface area contributed by atoms with Gasteiger partial charge in [0.25, 0.3) is 5.91 Å². The lowest BCUT2D eigenvalue weighted by Gasteiger charge is -2.36. The molecule has 26 heavy (non-hydrogen) atoms. The SMILES string of the molecule is CC(C)(O)C1CCC(NC(=O)c2cnc3c(c2)BC(C2CCC2)=N3)CC1. The number of rotatable bonds is 4. The van der Waals surface area contributed by atoms with E-state index in [0.717, 1.165) is 44.2 Å². The molecule has 2 saturated carbocycles. The van der Waals surface area contributed by atoms with Gasteiger partial charge in [-0.3, -0.25) is 4.79 Å². The van der Waals surface area contributed by atoms with Crippen LogP contribution in [0.5, 0.6) is 0 Å². The summed E-state index contributed by atoms with van der Waals surface area (Å²) in [5.41, 5.74) is 2.35. The van der Waals surface area contributed by atoms with Gasteiger partial charge in [-0.15, -0.1) is 0 Å². The standard InChI is InChI=1S/C20H28BN3O2/c1-20(2,26)14-6-8-15(9-7-14)23-19(25)13-10-16-18(22-11-13)24-17(21-16)12-4-3-5-12/h10-12,14-15,21,26H,3-9H2,1-2H3,(H,23,25). The third-order valence-electron chi connectivity index (χ3n) is 6.46. The summed E-state index contributed by atoms with van der Waals surface area (Å²) in [6, 6.07) is 2.16. The van der Waals surface area contributed by atoms with Crippen LogP contribution in [0.4, 0.5) is 5.82 Å². The molecule has 0 spiro atoms. The summed E-state index contributed by atoms with van der Waals surface area (Å²) in [6.45, 7) is 3.76. The molecule has 1 amide bonds. The summed E-state index contributed by atoms with van der Waals surface area (Å²) in [4.78, 5) is 21.7. The molecular weight excluding hydrogens is 325 g/mol. The molecule has 138 valence electrons. The number of fused-ring (bicyclic) bond motifs is 1. The minimum atomic E-state index is -0.628. The molecule has 2 aliphatic carbocycles. The van der Waals surface area contributed by atoms with E-state index in [9.17, 15) is 9.90 Å². The van der Waals surface area contributed by atoms with Crippen LogP contribution in [-0.2, 0) is 0 Å². The third kappa shape index (κ3) is 3.57. The van der Waals surface area contributed by atoms with Crippen LogP contribution in [0, 0.1) is 11.8 Å². The van der Waals surface area contributed by atoms with Crippen molar-refractivity contribution in [2.24, 2.45) is 16.8 Å². The van der Waals surface area contributed by atoms with E-state index >= 15 is 0 Å². The van der Waals surface area contributed by atoms with Crippen LogP contribution in [0.2, 0.25) is 0 Å². The largest absolute Gasteiger partial charge is 0.390 e. The molecule has 0 bridgehead atoms. The summed E-state index contributed by atoms with van der Waals surface area (Å²) in [5, 5.41) is 13.3. The molecule has 2 fully saturated rings. The molecule has 0 saturated heterocycles. The lowest BCUT2D eigenvalue weighted by Crippen LogP contribution is -2.42. The Morgan fingerprint density at radius 1 is 1.23 bits per heavy atom. The zero-order valence-corrected chi connectivity index (χ0v) is 15.8. The quantitative estimate of drug-likeness (QED) is 0.814. The number of carbonyl (C=O) groups is 1. The fraction of sp³-hybridized carbons (Fsp3) is 0.650. The second-order valence-electron chi connectivity index (χ2n) is 8.79. The molecular formula is C20H28BN3O2. The van der Waals surface area contributed by atoms with Crippen LogP contribution >= 0.6 is 0 Å². The number of aromatic nitrogens is 1. The summed E-state index contributed by atoms with van der Waals surface area (Å²) in [7, 11) is 0.852. The number of carbonyl (C=O) groups excluding carboxylic acids is 1. The Labute approximate surface area is 155 Å². The number of hydrogen-bond donors (Lipinski definition) is 2. The van der Waals surface area contributed by atoms with Crippen LogP contribution in [0.1, 0.15) is 69.2 Å². The van der Waals surface area contributed by atoms with Crippen LogP contribution in [0.15, 0.2) is 17.3 Å². The molecule has 0 radical (unpaired) electrons. The van der Waals surface area contributed by atoms with E-state index in [1.165, 1.54) is 24.9 Å². The van der Waals surface area contributed by atoms with E-state index in [2.05, 4.69) is 15.3 Å². The van der Waals surface area contributed by atoms with Crippen molar-refractivity contribution in [1.82, 2.24) is 10.3 Å². The van der Waals surface area contributed by atoms with Crippen molar-refractivity contribution < 1.29 is 9.90 Å². The number of aliphatic imine (C=N–C) groups is 1. The number of hydrogen-bond acceptors (Lipinski definition) is 4. The predicted molar refractivity (Wildman–Crippen MR) is 105 cm³/mol. The highest BCUT2D eigenvalue weighted by Crippen LogP contribution is 2.33. The highest BCUT2D eigenvalue weighted by atomic mass is 16.3. The molecule has 1 aromatic heterocycles. The van der Waals surface area contributed by atoms with Crippen LogP contribution < -0.4 is 10.8 Å². The van der Waals surface area contributed by atoms with Gasteiger partial charge < -0.3 is 10.4 Å². The van der Waals surface area contributed by atoms with Crippen molar-refractivity contribution in [3.8, 4) is 0 Å². The molecule has 6 heteroatoms. The molecule has 2 heterocycles. The van der Waals surface area contributed by atoms with Crippen molar-refractivity contribution >= 4 is 30.1 Å². The van der Waals surface area contributed by atoms with Gasteiger partial charge in [0.05, 0.1) is 11.2 Å². The van der Waals surface area contributed by atoms with Crippen LogP contribution in [0.3, 0.4) is 0 Å². The Hall–Kier alpha value is -1.69. The monoisotopic (exact) mass is 353 g/mol. The minimum absolute atomic E-state index is 0.0379. The van der Waals surface area contributed by atoms with Gasteiger partial charge in [0, 0.05) is 12.2 Å². The van der Waals surface area contributed by atoms with E-state index in [1.54, 1.807) is 6.20 Å². The summed E-state index contributed by atoms with van der Waals surface area (Å²) < 4.78 is 0. The topological polar surface area (TPSA) is 74.6 Å². The molecule has 5 nitrogen and oxygen atoms in total. The minimum Gasteiger partial charge on any atom is -0.390 e. The van der Waals surface area contributed by atoms with Gasteiger partial charge in [-0.25, -0.2) is 9.98 Å². The summed E-state index contributed by atoms with van der Waals surface area (Å²) in [6.07, 6.45) is 9.20. The molecule has 0 aromatic carbocycles. The first kappa shape index (κ1) is 17.7. The van der Waals surface area contributed by atoms with E-state index in [1.807, 2.05) is 19.9 Å². The molecule has 3 aliphatic rings. The fourth-order valence-electron chi connectivity index (χ4n) is 4.42. The molecule has 1 aliphatic heterocycles. The van der Waals surface area contributed by atoms with Gasteiger partial charge in [-0.2, -0.15) is 0 Å². The zero-order chi connectivity index (χ0) is 18.3. The molecule has 4 rings (SSSR count). The van der Waals surface area contributed by atoms with Gasteiger partial charge in [0.15, 0.2) is 0 Å². The summed E-state index contributed by atoms with van der Waals surface area (Å²) in [5.74, 6) is 1.71. The molecule has 2 N–H and O–H groups in total. The highest BCUT2D eigenvalue weighted by molar-refractivity contribution is 6.88. The second kappa shape index (κ2) is 6.80.